The molecule has 4 rings (SSSR count). The second kappa shape index (κ2) is 4.11. The predicted octanol–water partition coefficient (Wildman–Crippen LogP) is 3.23. The molecule has 0 heterocycles. The lowest BCUT2D eigenvalue weighted by molar-refractivity contribution is -0.140. The summed E-state index contributed by atoms with van der Waals surface area (Å²) in [6.45, 7) is 1.97. The fourth-order valence-corrected chi connectivity index (χ4v) is 4.36. The van der Waals surface area contributed by atoms with Gasteiger partial charge in [-0.05, 0) is 68.3 Å². The van der Waals surface area contributed by atoms with Gasteiger partial charge >= 0.3 is 5.97 Å². The van der Waals surface area contributed by atoms with Crippen molar-refractivity contribution in [1.82, 2.24) is 0 Å². The third-order valence-corrected chi connectivity index (χ3v) is 4.73. The third kappa shape index (κ3) is 1.80. The Morgan fingerprint density at radius 3 is 2.18 bits per heavy atom. The number of hydrogen-bond donors (Lipinski definition) is 0. The lowest BCUT2D eigenvalue weighted by atomic mass is 9.54. The van der Waals surface area contributed by atoms with Crippen LogP contribution in [0.25, 0.3) is 0 Å². The molecule has 0 aromatic carbocycles. The first-order valence-electron chi connectivity index (χ1n) is 6.75. The van der Waals surface area contributed by atoms with E-state index < -0.39 is 11.8 Å². The van der Waals surface area contributed by atoms with Gasteiger partial charge in [0.15, 0.2) is 0 Å². The molecule has 0 amide bonds. The van der Waals surface area contributed by atoms with Gasteiger partial charge in [0.05, 0.1) is 6.61 Å². The maximum atomic E-state index is 14.1. The molecule has 0 aliphatic heterocycles. The summed E-state index contributed by atoms with van der Waals surface area (Å²) < 4.78 is 18.9. The maximum absolute atomic E-state index is 14.1. The molecule has 0 radical (unpaired) electrons. The quantitative estimate of drug-likeness (QED) is 0.545. The van der Waals surface area contributed by atoms with Crippen molar-refractivity contribution >= 4 is 5.97 Å². The highest BCUT2D eigenvalue weighted by molar-refractivity contribution is 5.87. The zero-order chi connectivity index (χ0) is 12.0. The number of carbonyl (C=O) groups is 1. The molecule has 4 aliphatic carbocycles. The number of hydrogen-bond acceptors (Lipinski definition) is 2. The van der Waals surface area contributed by atoms with Crippen molar-refractivity contribution < 1.29 is 13.9 Å². The largest absolute Gasteiger partial charge is 0.461 e. The average Bonchev–Trinajstić information content (AvgIpc) is 2.27. The van der Waals surface area contributed by atoms with Gasteiger partial charge in [-0.25, -0.2) is 4.79 Å². The van der Waals surface area contributed by atoms with E-state index in [0.29, 0.717) is 11.8 Å². The lowest BCUT2D eigenvalue weighted by Crippen LogP contribution is -2.41. The van der Waals surface area contributed by atoms with Crippen LogP contribution >= 0.6 is 0 Å². The Hall–Kier alpha value is -0.860. The van der Waals surface area contributed by atoms with Gasteiger partial charge in [-0.15, -0.1) is 0 Å². The topological polar surface area (TPSA) is 26.3 Å². The van der Waals surface area contributed by atoms with Gasteiger partial charge in [-0.3, -0.25) is 0 Å². The van der Waals surface area contributed by atoms with Gasteiger partial charge in [-0.2, -0.15) is 4.39 Å². The first kappa shape index (κ1) is 11.2. The highest BCUT2D eigenvalue weighted by Gasteiger charge is 2.47. The SMILES string of the molecule is CCOC(=O)C(F)=C1C2CC3CC(C2)CC1C3. The van der Waals surface area contributed by atoms with Crippen LogP contribution in [-0.2, 0) is 9.53 Å². The van der Waals surface area contributed by atoms with E-state index in [1.807, 2.05) is 0 Å². The first-order valence-corrected chi connectivity index (χ1v) is 6.75. The number of ether oxygens (including phenoxy) is 1. The highest BCUT2D eigenvalue weighted by Crippen LogP contribution is 2.57. The van der Waals surface area contributed by atoms with Crippen LogP contribution < -0.4 is 0 Å². The van der Waals surface area contributed by atoms with Crippen molar-refractivity contribution in [3.05, 3.63) is 11.4 Å². The standard InChI is InChI=1S/C14H19FO2/c1-2-17-14(16)13(15)12-10-4-8-3-9(6-10)7-11(12)5-8/h8-11H,2-7H2,1H3. The van der Waals surface area contributed by atoms with E-state index in [4.69, 9.17) is 4.74 Å². The number of halogens is 1. The van der Waals surface area contributed by atoms with Gasteiger partial charge in [0.2, 0.25) is 5.83 Å². The Bertz CT molecular complexity index is 342. The minimum atomic E-state index is -0.741. The molecule has 0 spiro atoms. The van der Waals surface area contributed by atoms with E-state index in [1.54, 1.807) is 6.92 Å². The van der Waals surface area contributed by atoms with E-state index in [1.165, 1.54) is 6.42 Å². The lowest BCUT2D eigenvalue weighted by Gasteiger charge is -2.51. The van der Waals surface area contributed by atoms with Crippen LogP contribution in [0.5, 0.6) is 0 Å². The molecule has 4 fully saturated rings. The smallest absolute Gasteiger partial charge is 0.367 e. The number of rotatable bonds is 2. The molecular weight excluding hydrogens is 219 g/mol. The van der Waals surface area contributed by atoms with Crippen molar-refractivity contribution in [3.63, 3.8) is 0 Å². The van der Waals surface area contributed by atoms with E-state index >= 15 is 0 Å². The van der Waals surface area contributed by atoms with Crippen LogP contribution in [-0.4, -0.2) is 12.6 Å². The van der Waals surface area contributed by atoms with Gasteiger partial charge in [-0.1, -0.05) is 0 Å². The summed E-state index contributed by atoms with van der Waals surface area (Å²) in [6, 6.07) is 0. The molecule has 0 saturated heterocycles. The summed E-state index contributed by atoms with van der Waals surface area (Å²) in [4.78, 5) is 11.5. The van der Waals surface area contributed by atoms with E-state index in [0.717, 1.165) is 43.1 Å². The van der Waals surface area contributed by atoms with Crippen LogP contribution in [0.15, 0.2) is 11.4 Å². The van der Waals surface area contributed by atoms with Gasteiger partial charge < -0.3 is 4.74 Å². The number of allylic oxidation sites excluding steroid dienone is 1. The van der Waals surface area contributed by atoms with Crippen molar-refractivity contribution in [2.75, 3.05) is 6.61 Å². The van der Waals surface area contributed by atoms with E-state index in [9.17, 15) is 9.18 Å². The van der Waals surface area contributed by atoms with Crippen molar-refractivity contribution in [3.8, 4) is 0 Å². The molecule has 2 nitrogen and oxygen atoms in total. The molecule has 0 atom stereocenters. The second-order valence-electron chi connectivity index (χ2n) is 5.79. The van der Waals surface area contributed by atoms with Crippen LogP contribution in [0.1, 0.15) is 39.0 Å². The molecule has 4 bridgehead atoms. The fourth-order valence-electron chi connectivity index (χ4n) is 4.36. The summed E-state index contributed by atoms with van der Waals surface area (Å²) >= 11 is 0. The second-order valence-corrected chi connectivity index (χ2v) is 5.79. The summed E-state index contributed by atoms with van der Waals surface area (Å²) in [6.07, 6.45) is 5.70. The van der Waals surface area contributed by atoms with E-state index in [2.05, 4.69) is 0 Å². The number of esters is 1. The minimum absolute atomic E-state index is 0.250. The maximum Gasteiger partial charge on any atom is 0.367 e. The molecule has 0 N–H and O–H groups in total. The Morgan fingerprint density at radius 1 is 1.18 bits per heavy atom. The van der Waals surface area contributed by atoms with Gasteiger partial charge in [0, 0.05) is 0 Å². The molecule has 0 aromatic heterocycles. The molecule has 17 heavy (non-hydrogen) atoms. The van der Waals surface area contributed by atoms with Crippen LogP contribution in [0.3, 0.4) is 0 Å². The molecule has 3 heteroatoms. The van der Waals surface area contributed by atoms with Crippen LogP contribution in [0.4, 0.5) is 4.39 Å². The minimum Gasteiger partial charge on any atom is -0.461 e. The number of carbonyl (C=O) groups excluding carboxylic acids is 1. The average molecular weight is 238 g/mol. The monoisotopic (exact) mass is 238 g/mol. The summed E-state index contributed by atoms with van der Waals surface area (Å²) in [7, 11) is 0. The summed E-state index contributed by atoms with van der Waals surface area (Å²) in [5.74, 6) is 0.925. The Labute approximate surface area is 101 Å². The Morgan fingerprint density at radius 2 is 1.71 bits per heavy atom. The normalized spacial score (nSPS) is 38.4. The van der Waals surface area contributed by atoms with Crippen molar-refractivity contribution in [2.45, 2.75) is 39.0 Å². The fraction of sp³-hybridized carbons (Fsp3) is 0.786. The predicted molar refractivity (Wildman–Crippen MR) is 61.8 cm³/mol. The summed E-state index contributed by atoms with van der Waals surface area (Å²) in [5.41, 5.74) is 0.802. The summed E-state index contributed by atoms with van der Waals surface area (Å²) in [5, 5.41) is 0. The molecule has 4 aliphatic rings. The van der Waals surface area contributed by atoms with Gasteiger partial charge in [0.1, 0.15) is 0 Å². The molecule has 4 saturated carbocycles. The van der Waals surface area contributed by atoms with Crippen LogP contribution in [0, 0.1) is 23.7 Å². The van der Waals surface area contributed by atoms with Crippen molar-refractivity contribution in [2.24, 2.45) is 23.7 Å². The Kier molecular flexibility index (Phi) is 2.72. The molecule has 94 valence electrons. The highest BCUT2D eigenvalue weighted by atomic mass is 19.1. The first-order chi connectivity index (χ1) is 8.19. The Balaban J connectivity index is 1.88. The van der Waals surface area contributed by atoms with Gasteiger partial charge in [0.25, 0.3) is 0 Å². The van der Waals surface area contributed by atoms with Crippen molar-refractivity contribution in [1.29, 1.82) is 0 Å². The zero-order valence-corrected chi connectivity index (χ0v) is 10.2. The zero-order valence-electron chi connectivity index (χ0n) is 10.2. The van der Waals surface area contributed by atoms with Crippen LogP contribution in [0.2, 0.25) is 0 Å². The molecule has 0 aromatic rings. The van der Waals surface area contributed by atoms with E-state index in [-0.39, 0.29) is 6.61 Å². The molecular formula is C14H19FO2. The molecule has 0 unspecified atom stereocenters. The third-order valence-electron chi connectivity index (χ3n) is 4.73.